The number of carbonyl (C=O) groups excluding carboxylic acids is 1. The van der Waals surface area contributed by atoms with Crippen LogP contribution in [-0.4, -0.2) is 46.0 Å². The van der Waals surface area contributed by atoms with Crippen LogP contribution >= 0.6 is 0 Å². The Morgan fingerprint density at radius 2 is 1.96 bits per heavy atom. The van der Waals surface area contributed by atoms with Crippen molar-refractivity contribution in [2.24, 2.45) is 0 Å². The van der Waals surface area contributed by atoms with Crippen molar-refractivity contribution in [2.75, 3.05) is 13.1 Å². The molecule has 0 aliphatic carbocycles. The molecule has 3 rings (SSSR count). The number of nitrogens with one attached hydrogen (secondary N) is 1. The summed E-state index contributed by atoms with van der Waals surface area (Å²) in [5.41, 5.74) is 2.06. The van der Waals surface area contributed by atoms with Gasteiger partial charge in [-0.1, -0.05) is 12.1 Å². The van der Waals surface area contributed by atoms with Crippen LogP contribution in [0.2, 0.25) is 0 Å². The molecule has 2 atom stereocenters. The van der Waals surface area contributed by atoms with Gasteiger partial charge in [-0.25, -0.2) is 9.48 Å². The van der Waals surface area contributed by atoms with E-state index in [4.69, 9.17) is 4.74 Å². The molecule has 1 aromatic heterocycles. The average molecular weight is 314 g/mol. The SMILES string of the molecule is C[C@@H]1CN(C(=O)NCc2ccc(-n3cccn3)cc2)C[C@@H](C)O1. The van der Waals surface area contributed by atoms with E-state index in [2.05, 4.69) is 10.4 Å². The van der Waals surface area contributed by atoms with E-state index in [0.717, 1.165) is 11.3 Å². The molecule has 0 bridgehead atoms. The van der Waals surface area contributed by atoms with Crippen molar-refractivity contribution in [3.05, 3.63) is 48.3 Å². The molecule has 1 N–H and O–H groups in total. The molecule has 0 spiro atoms. The maximum Gasteiger partial charge on any atom is 0.317 e. The summed E-state index contributed by atoms with van der Waals surface area (Å²) in [4.78, 5) is 14.1. The summed E-state index contributed by atoms with van der Waals surface area (Å²) in [5, 5.41) is 7.17. The normalized spacial score (nSPS) is 21.2. The molecule has 1 saturated heterocycles. The third kappa shape index (κ3) is 3.90. The summed E-state index contributed by atoms with van der Waals surface area (Å²) in [6.07, 6.45) is 3.81. The van der Waals surface area contributed by atoms with Crippen LogP contribution in [0, 0.1) is 0 Å². The number of hydrogen-bond donors (Lipinski definition) is 1. The van der Waals surface area contributed by atoms with E-state index < -0.39 is 0 Å². The molecule has 2 aromatic rings. The largest absolute Gasteiger partial charge is 0.372 e. The number of carbonyl (C=O) groups is 1. The number of rotatable bonds is 3. The third-order valence-corrected chi connectivity index (χ3v) is 3.86. The number of amides is 2. The first-order chi connectivity index (χ1) is 11.1. The fraction of sp³-hybridized carbons (Fsp3) is 0.412. The second-order valence-electron chi connectivity index (χ2n) is 5.94. The molecule has 1 aromatic carbocycles. The molecule has 0 radical (unpaired) electrons. The van der Waals surface area contributed by atoms with Crippen LogP contribution in [0.5, 0.6) is 0 Å². The molecular formula is C17H22N4O2. The smallest absolute Gasteiger partial charge is 0.317 e. The van der Waals surface area contributed by atoms with Gasteiger partial charge in [0.2, 0.25) is 0 Å². The van der Waals surface area contributed by atoms with Crippen molar-refractivity contribution < 1.29 is 9.53 Å². The molecule has 122 valence electrons. The van der Waals surface area contributed by atoms with E-state index >= 15 is 0 Å². The molecule has 2 heterocycles. The molecule has 1 aliphatic rings. The minimum atomic E-state index is -0.0387. The lowest BCUT2D eigenvalue weighted by molar-refractivity contribution is -0.0545. The summed E-state index contributed by atoms with van der Waals surface area (Å²) in [6.45, 7) is 5.76. The third-order valence-electron chi connectivity index (χ3n) is 3.86. The lowest BCUT2D eigenvalue weighted by Gasteiger charge is -2.35. The van der Waals surface area contributed by atoms with Crippen molar-refractivity contribution >= 4 is 6.03 Å². The molecule has 6 nitrogen and oxygen atoms in total. The first kappa shape index (κ1) is 15.6. The zero-order valence-electron chi connectivity index (χ0n) is 13.5. The van der Waals surface area contributed by atoms with Gasteiger partial charge in [-0.05, 0) is 37.6 Å². The molecular weight excluding hydrogens is 292 g/mol. The summed E-state index contributed by atoms with van der Waals surface area (Å²) in [5.74, 6) is 0. The van der Waals surface area contributed by atoms with Gasteiger partial charge >= 0.3 is 6.03 Å². The summed E-state index contributed by atoms with van der Waals surface area (Å²) >= 11 is 0. The highest BCUT2D eigenvalue weighted by atomic mass is 16.5. The van der Waals surface area contributed by atoms with Gasteiger partial charge in [-0.2, -0.15) is 5.10 Å². The Hall–Kier alpha value is -2.34. The average Bonchev–Trinajstić information content (AvgIpc) is 3.06. The second kappa shape index (κ2) is 6.83. The standard InChI is InChI=1S/C17H22N4O2/c1-13-11-20(12-14(2)23-13)17(22)18-10-15-4-6-16(7-5-15)21-9-3-8-19-21/h3-9,13-14H,10-12H2,1-2H3,(H,18,22)/t13-,14-/m1/s1. The van der Waals surface area contributed by atoms with Gasteiger partial charge in [0.1, 0.15) is 0 Å². The number of aromatic nitrogens is 2. The van der Waals surface area contributed by atoms with E-state index in [9.17, 15) is 4.79 Å². The number of morpholine rings is 1. The van der Waals surface area contributed by atoms with Crippen molar-refractivity contribution in [3.8, 4) is 5.69 Å². The Morgan fingerprint density at radius 3 is 2.57 bits per heavy atom. The van der Waals surface area contributed by atoms with Crippen LogP contribution in [0.4, 0.5) is 4.79 Å². The van der Waals surface area contributed by atoms with Gasteiger partial charge in [-0.3, -0.25) is 0 Å². The second-order valence-corrected chi connectivity index (χ2v) is 5.94. The van der Waals surface area contributed by atoms with Crippen LogP contribution < -0.4 is 5.32 Å². The van der Waals surface area contributed by atoms with Crippen molar-refractivity contribution in [1.29, 1.82) is 0 Å². The first-order valence-electron chi connectivity index (χ1n) is 7.89. The van der Waals surface area contributed by atoms with Crippen molar-refractivity contribution in [2.45, 2.75) is 32.6 Å². The number of urea groups is 1. The number of benzene rings is 1. The van der Waals surface area contributed by atoms with Crippen molar-refractivity contribution in [3.63, 3.8) is 0 Å². The quantitative estimate of drug-likeness (QED) is 0.945. The minimum absolute atomic E-state index is 0.0387. The summed E-state index contributed by atoms with van der Waals surface area (Å²) in [6, 6.07) is 9.84. The van der Waals surface area contributed by atoms with Crippen LogP contribution in [0.25, 0.3) is 5.69 Å². The fourth-order valence-corrected chi connectivity index (χ4v) is 2.82. The fourth-order valence-electron chi connectivity index (χ4n) is 2.82. The van der Waals surface area contributed by atoms with Crippen molar-refractivity contribution in [1.82, 2.24) is 20.0 Å². The topological polar surface area (TPSA) is 59.4 Å². The lowest BCUT2D eigenvalue weighted by Crippen LogP contribution is -2.51. The van der Waals surface area contributed by atoms with Crippen LogP contribution in [0.15, 0.2) is 42.7 Å². The van der Waals surface area contributed by atoms with Gasteiger partial charge < -0.3 is 15.0 Å². The van der Waals surface area contributed by atoms with Gasteiger partial charge in [0.05, 0.1) is 17.9 Å². The minimum Gasteiger partial charge on any atom is -0.372 e. The predicted octanol–water partition coefficient (Wildman–Crippen LogP) is 2.19. The Bertz CT molecular complexity index is 629. The Balaban J connectivity index is 1.54. The molecule has 23 heavy (non-hydrogen) atoms. The molecule has 1 fully saturated rings. The van der Waals surface area contributed by atoms with Gasteiger partial charge in [0, 0.05) is 32.0 Å². The molecule has 0 unspecified atom stereocenters. The maximum atomic E-state index is 12.3. The Morgan fingerprint density at radius 1 is 1.26 bits per heavy atom. The summed E-state index contributed by atoms with van der Waals surface area (Å²) < 4.78 is 7.45. The van der Waals surface area contributed by atoms with E-state index in [0.29, 0.717) is 19.6 Å². The monoisotopic (exact) mass is 314 g/mol. The van der Waals surface area contributed by atoms with Gasteiger partial charge in [-0.15, -0.1) is 0 Å². The Kier molecular flexibility index (Phi) is 4.62. The molecule has 1 aliphatic heterocycles. The number of ether oxygens (including phenoxy) is 1. The molecule has 0 saturated carbocycles. The van der Waals surface area contributed by atoms with Gasteiger partial charge in [0.25, 0.3) is 0 Å². The number of hydrogen-bond acceptors (Lipinski definition) is 3. The predicted molar refractivity (Wildman–Crippen MR) is 87.4 cm³/mol. The zero-order chi connectivity index (χ0) is 16.2. The number of nitrogens with zero attached hydrogens (tertiary/aromatic N) is 3. The van der Waals surface area contributed by atoms with Crippen LogP contribution in [0.3, 0.4) is 0 Å². The lowest BCUT2D eigenvalue weighted by atomic mass is 10.2. The van der Waals surface area contributed by atoms with Crippen LogP contribution in [-0.2, 0) is 11.3 Å². The summed E-state index contributed by atoms with van der Waals surface area (Å²) in [7, 11) is 0. The highest BCUT2D eigenvalue weighted by Crippen LogP contribution is 2.11. The van der Waals surface area contributed by atoms with E-state index in [1.54, 1.807) is 10.9 Å². The molecule has 6 heteroatoms. The van der Waals surface area contributed by atoms with Gasteiger partial charge in [0.15, 0.2) is 0 Å². The Labute approximate surface area is 136 Å². The maximum absolute atomic E-state index is 12.3. The van der Waals surface area contributed by atoms with E-state index in [-0.39, 0.29) is 18.2 Å². The molecule has 2 amide bonds. The first-order valence-corrected chi connectivity index (χ1v) is 7.89. The highest BCUT2D eigenvalue weighted by molar-refractivity contribution is 5.74. The zero-order valence-corrected chi connectivity index (χ0v) is 13.5. The van der Waals surface area contributed by atoms with Crippen LogP contribution in [0.1, 0.15) is 19.4 Å². The van der Waals surface area contributed by atoms with E-state index in [1.807, 2.05) is 55.3 Å². The highest BCUT2D eigenvalue weighted by Gasteiger charge is 2.25. The van der Waals surface area contributed by atoms with E-state index in [1.165, 1.54) is 0 Å².